The van der Waals surface area contributed by atoms with Crippen molar-refractivity contribution in [1.29, 1.82) is 0 Å². The number of amides is 1. The molecule has 0 aliphatic carbocycles. The predicted molar refractivity (Wildman–Crippen MR) is 97.5 cm³/mol. The summed E-state index contributed by atoms with van der Waals surface area (Å²) in [5, 5.41) is 6.01. The third-order valence-corrected chi connectivity index (χ3v) is 4.18. The predicted octanol–water partition coefficient (Wildman–Crippen LogP) is 2.98. The summed E-state index contributed by atoms with van der Waals surface area (Å²) in [7, 11) is 1.34. The minimum absolute atomic E-state index is 0.00147. The van der Waals surface area contributed by atoms with Gasteiger partial charge in [-0.1, -0.05) is 6.07 Å². The van der Waals surface area contributed by atoms with Gasteiger partial charge < -0.3 is 20.1 Å². The quantitative estimate of drug-likeness (QED) is 0.802. The SMILES string of the molecule is COC(=O)c1cccc(Nc2ccc(NC(=O)C3CCOCC3)cn2)c1. The molecular weight excluding hydrogens is 334 g/mol. The van der Waals surface area contributed by atoms with Crippen LogP contribution in [0.4, 0.5) is 17.2 Å². The first kappa shape index (κ1) is 17.9. The van der Waals surface area contributed by atoms with Crippen molar-refractivity contribution in [2.24, 2.45) is 5.92 Å². The van der Waals surface area contributed by atoms with Gasteiger partial charge in [0.25, 0.3) is 0 Å². The number of aromatic nitrogens is 1. The zero-order valence-electron chi connectivity index (χ0n) is 14.5. The van der Waals surface area contributed by atoms with E-state index >= 15 is 0 Å². The van der Waals surface area contributed by atoms with E-state index in [4.69, 9.17) is 9.47 Å². The van der Waals surface area contributed by atoms with Crippen molar-refractivity contribution in [3.05, 3.63) is 48.2 Å². The summed E-state index contributed by atoms with van der Waals surface area (Å²) >= 11 is 0. The highest BCUT2D eigenvalue weighted by atomic mass is 16.5. The van der Waals surface area contributed by atoms with Gasteiger partial charge in [-0.2, -0.15) is 0 Å². The number of benzene rings is 1. The number of carbonyl (C=O) groups is 2. The molecule has 0 radical (unpaired) electrons. The van der Waals surface area contributed by atoms with Gasteiger partial charge in [0.2, 0.25) is 5.91 Å². The van der Waals surface area contributed by atoms with E-state index in [-0.39, 0.29) is 11.8 Å². The van der Waals surface area contributed by atoms with Crippen LogP contribution in [0.25, 0.3) is 0 Å². The fraction of sp³-hybridized carbons (Fsp3) is 0.316. The molecule has 0 atom stereocenters. The molecule has 0 unspecified atom stereocenters. The number of pyridine rings is 1. The van der Waals surface area contributed by atoms with E-state index in [1.807, 2.05) is 6.07 Å². The molecular formula is C19H21N3O4. The van der Waals surface area contributed by atoms with Crippen LogP contribution in [0, 0.1) is 5.92 Å². The molecule has 1 aliphatic rings. The Kier molecular flexibility index (Phi) is 5.80. The Morgan fingerprint density at radius 1 is 1.15 bits per heavy atom. The van der Waals surface area contributed by atoms with Crippen molar-refractivity contribution in [2.45, 2.75) is 12.8 Å². The van der Waals surface area contributed by atoms with Crippen molar-refractivity contribution in [1.82, 2.24) is 4.98 Å². The largest absolute Gasteiger partial charge is 0.465 e. The Bertz CT molecular complexity index is 771. The van der Waals surface area contributed by atoms with Gasteiger partial charge in [0, 0.05) is 24.8 Å². The van der Waals surface area contributed by atoms with Crippen LogP contribution >= 0.6 is 0 Å². The first-order valence-electron chi connectivity index (χ1n) is 8.46. The van der Waals surface area contributed by atoms with Gasteiger partial charge in [-0.15, -0.1) is 0 Å². The number of nitrogens with one attached hydrogen (secondary N) is 2. The molecule has 1 fully saturated rings. The Balaban J connectivity index is 1.61. The van der Waals surface area contributed by atoms with Gasteiger partial charge in [-0.05, 0) is 43.2 Å². The maximum Gasteiger partial charge on any atom is 0.337 e. The number of ether oxygens (including phenoxy) is 2. The van der Waals surface area contributed by atoms with Gasteiger partial charge in [0.15, 0.2) is 0 Å². The minimum atomic E-state index is -0.396. The molecule has 1 saturated heterocycles. The summed E-state index contributed by atoms with van der Waals surface area (Å²) in [6, 6.07) is 10.5. The van der Waals surface area contributed by atoms with Crippen LogP contribution in [0.5, 0.6) is 0 Å². The highest BCUT2D eigenvalue weighted by molar-refractivity contribution is 5.92. The number of nitrogens with zero attached hydrogens (tertiary/aromatic N) is 1. The summed E-state index contributed by atoms with van der Waals surface area (Å²) in [5.74, 6) is 0.202. The van der Waals surface area contributed by atoms with Crippen LogP contribution in [0.15, 0.2) is 42.6 Å². The molecule has 0 saturated carbocycles. The molecule has 26 heavy (non-hydrogen) atoms. The lowest BCUT2D eigenvalue weighted by Crippen LogP contribution is -2.28. The number of hydrogen-bond donors (Lipinski definition) is 2. The second-order valence-electron chi connectivity index (χ2n) is 6.01. The number of rotatable bonds is 5. The third-order valence-electron chi connectivity index (χ3n) is 4.18. The van der Waals surface area contributed by atoms with Crippen LogP contribution in [0.3, 0.4) is 0 Å². The summed E-state index contributed by atoms with van der Waals surface area (Å²) < 4.78 is 9.99. The maximum atomic E-state index is 12.2. The molecule has 1 aromatic carbocycles. The Labute approximate surface area is 151 Å². The molecule has 0 bridgehead atoms. The molecule has 2 aromatic rings. The normalized spacial score (nSPS) is 14.5. The summed E-state index contributed by atoms with van der Waals surface area (Å²) in [6.07, 6.45) is 3.09. The molecule has 3 rings (SSSR count). The van der Waals surface area contributed by atoms with Gasteiger partial charge in [0.1, 0.15) is 5.82 Å². The van der Waals surface area contributed by atoms with E-state index in [2.05, 4.69) is 15.6 Å². The number of anilines is 3. The second kappa shape index (κ2) is 8.44. The first-order valence-corrected chi connectivity index (χ1v) is 8.46. The smallest absolute Gasteiger partial charge is 0.337 e. The van der Waals surface area contributed by atoms with Crippen molar-refractivity contribution in [2.75, 3.05) is 31.0 Å². The molecule has 1 aliphatic heterocycles. The molecule has 7 heteroatoms. The third kappa shape index (κ3) is 4.58. The van der Waals surface area contributed by atoms with Crippen molar-refractivity contribution < 1.29 is 19.1 Å². The zero-order chi connectivity index (χ0) is 18.4. The summed E-state index contributed by atoms with van der Waals surface area (Å²) in [4.78, 5) is 28.1. The van der Waals surface area contributed by atoms with Crippen molar-refractivity contribution in [3.8, 4) is 0 Å². The van der Waals surface area contributed by atoms with E-state index < -0.39 is 5.97 Å². The van der Waals surface area contributed by atoms with Crippen LogP contribution in [-0.2, 0) is 14.3 Å². The molecule has 1 aromatic heterocycles. The molecule has 136 valence electrons. The molecule has 2 heterocycles. The Morgan fingerprint density at radius 2 is 1.96 bits per heavy atom. The average molecular weight is 355 g/mol. The highest BCUT2D eigenvalue weighted by Gasteiger charge is 2.21. The van der Waals surface area contributed by atoms with Crippen molar-refractivity contribution in [3.63, 3.8) is 0 Å². The lowest BCUT2D eigenvalue weighted by atomic mass is 9.99. The Hall–Kier alpha value is -2.93. The first-order chi connectivity index (χ1) is 12.7. The monoisotopic (exact) mass is 355 g/mol. The molecule has 1 amide bonds. The van der Waals surface area contributed by atoms with Crippen LogP contribution < -0.4 is 10.6 Å². The van der Waals surface area contributed by atoms with E-state index in [1.54, 1.807) is 36.5 Å². The molecule has 2 N–H and O–H groups in total. The summed E-state index contributed by atoms with van der Waals surface area (Å²) in [6.45, 7) is 1.26. The van der Waals surface area contributed by atoms with E-state index in [0.717, 1.165) is 18.5 Å². The fourth-order valence-corrected chi connectivity index (χ4v) is 2.74. The van der Waals surface area contributed by atoms with E-state index in [9.17, 15) is 9.59 Å². The van der Waals surface area contributed by atoms with Gasteiger partial charge in [-0.25, -0.2) is 9.78 Å². The van der Waals surface area contributed by atoms with E-state index in [1.165, 1.54) is 7.11 Å². The average Bonchev–Trinajstić information content (AvgIpc) is 2.69. The second-order valence-corrected chi connectivity index (χ2v) is 6.01. The lowest BCUT2D eigenvalue weighted by molar-refractivity contribution is -0.122. The number of carbonyl (C=O) groups excluding carboxylic acids is 2. The van der Waals surface area contributed by atoms with Crippen LogP contribution in [-0.4, -0.2) is 37.2 Å². The maximum absolute atomic E-state index is 12.2. The Morgan fingerprint density at radius 3 is 2.65 bits per heavy atom. The number of hydrogen-bond acceptors (Lipinski definition) is 6. The summed E-state index contributed by atoms with van der Waals surface area (Å²) in [5.41, 5.74) is 1.83. The number of methoxy groups -OCH3 is 1. The minimum Gasteiger partial charge on any atom is -0.465 e. The number of esters is 1. The molecule has 7 nitrogen and oxygen atoms in total. The highest BCUT2D eigenvalue weighted by Crippen LogP contribution is 2.20. The lowest BCUT2D eigenvalue weighted by Gasteiger charge is -2.21. The van der Waals surface area contributed by atoms with Crippen LogP contribution in [0.1, 0.15) is 23.2 Å². The van der Waals surface area contributed by atoms with Crippen molar-refractivity contribution >= 4 is 29.1 Å². The topological polar surface area (TPSA) is 89.6 Å². The van der Waals surface area contributed by atoms with E-state index in [0.29, 0.717) is 30.3 Å². The van der Waals surface area contributed by atoms with Crippen LogP contribution in [0.2, 0.25) is 0 Å². The van der Waals surface area contributed by atoms with Gasteiger partial charge >= 0.3 is 5.97 Å². The van der Waals surface area contributed by atoms with Gasteiger partial charge in [-0.3, -0.25) is 4.79 Å². The van der Waals surface area contributed by atoms with Gasteiger partial charge in [0.05, 0.1) is 24.6 Å². The fourth-order valence-electron chi connectivity index (χ4n) is 2.74. The zero-order valence-corrected chi connectivity index (χ0v) is 14.5. The molecule has 0 spiro atoms. The standard InChI is InChI=1S/C19H21N3O4/c1-25-19(24)14-3-2-4-15(11-14)21-17-6-5-16(12-20-17)22-18(23)13-7-9-26-10-8-13/h2-6,11-13H,7-10H2,1H3,(H,20,21)(H,22,23).